The van der Waals surface area contributed by atoms with Gasteiger partial charge in [0.15, 0.2) is 5.82 Å². The number of carbonyl (C=O) groups is 1. The summed E-state index contributed by atoms with van der Waals surface area (Å²) >= 11 is 0. The van der Waals surface area contributed by atoms with E-state index in [1.54, 1.807) is 0 Å². The largest absolute Gasteiger partial charge is 0.508 e. The molecule has 2 aliphatic heterocycles. The second kappa shape index (κ2) is 12.9. The number of piperidine rings is 1. The lowest BCUT2D eigenvalue weighted by molar-refractivity contribution is -0.130. The maximum absolute atomic E-state index is 16.7. The molecule has 0 aliphatic carbocycles. The van der Waals surface area contributed by atoms with Gasteiger partial charge >= 0.3 is 6.01 Å². The number of fused-ring (bicyclic) bond motifs is 2. The Morgan fingerprint density at radius 3 is 2.77 bits per heavy atom. The van der Waals surface area contributed by atoms with Crippen molar-refractivity contribution >= 4 is 33.4 Å². The number of carbonyl (C=O) groups excluding carboxylic acids is 1. The Balaban J connectivity index is 1.49. The van der Waals surface area contributed by atoms with Crippen molar-refractivity contribution in [2.45, 2.75) is 43.7 Å². The number of phenolic OH excluding ortho intramolecular Hbond substituents is 1. The maximum Gasteiger partial charge on any atom is 0.319 e. The van der Waals surface area contributed by atoms with Gasteiger partial charge in [0, 0.05) is 49.7 Å². The van der Waals surface area contributed by atoms with Gasteiger partial charge in [0.2, 0.25) is 5.91 Å². The molecular weight excluding hydrogens is 628 g/mol. The number of pyridine rings is 1. The van der Waals surface area contributed by atoms with Crippen LogP contribution in [0.2, 0.25) is 0 Å². The summed E-state index contributed by atoms with van der Waals surface area (Å²) in [5.74, 6) is -3.35. The monoisotopic (exact) mass is 662 g/mol. The van der Waals surface area contributed by atoms with E-state index in [0.29, 0.717) is 5.39 Å². The fourth-order valence-electron chi connectivity index (χ4n) is 6.62. The Morgan fingerprint density at radius 2 is 2.04 bits per heavy atom. The quantitative estimate of drug-likeness (QED) is 0.150. The summed E-state index contributed by atoms with van der Waals surface area (Å²) < 4.78 is 67.7. The van der Waals surface area contributed by atoms with E-state index in [4.69, 9.17) is 11.2 Å². The van der Waals surface area contributed by atoms with Gasteiger partial charge in [-0.1, -0.05) is 25.0 Å². The number of phenols is 1. The lowest BCUT2D eigenvalue weighted by Gasteiger charge is -2.32. The van der Waals surface area contributed by atoms with Crippen LogP contribution in [0.5, 0.6) is 11.8 Å². The number of ether oxygens (including phenoxy) is 1. The summed E-state index contributed by atoms with van der Waals surface area (Å²) in [6.07, 6.45) is 10.3. The molecule has 0 radical (unpaired) electrons. The zero-order valence-electron chi connectivity index (χ0n) is 26.5. The summed E-state index contributed by atoms with van der Waals surface area (Å²) in [6.45, 7) is 4.02. The van der Waals surface area contributed by atoms with Crippen molar-refractivity contribution in [3.63, 3.8) is 0 Å². The van der Waals surface area contributed by atoms with Crippen LogP contribution in [0.3, 0.4) is 0 Å². The molecule has 2 saturated heterocycles. The number of halogens is 4. The number of aromatic hydroxyl groups is 1. The summed E-state index contributed by atoms with van der Waals surface area (Å²) in [5, 5.41) is 11.1. The van der Waals surface area contributed by atoms with Gasteiger partial charge in [0.25, 0.3) is 5.92 Å². The molecule has 4 aromatic rings. The van der Waals surface area contributed by atoms with Gasteiger partial charge < -0.3 is 24.5 Å². The molecule has 9 nitrogen and oxygen atoms in total. The lowest BCUT2D eigenvalue weighted by Crippen LogP contribution is -2.48. The Morgan fingerprint density at radius 1 is 1.25 bits per heavy atom. The molecular formula is C35H34F4N6O3. The number of amides is 1. The molecule has 2 atom stereocenters. The van der Waals surface area contributed by atoms with E-state index in [0.717, 1.165) is 42.8 Å². The van der Waals surface area contributed by atoms with Crippen LogP contribution >= 0.6 is 0 Å². The number of likely N-dealkylation sites (tertiary alicyclic amines) is 2. The topological polar surface area (TPSA) is 94.9 Å². The fourth-order valence-corrected chi connectivity index (χ4v) is 6.62. The number of rotatable bonds is 8. The number of alkyl halides is 2. The first-order valence-electron chi connectivity index (χ1n) is 15.6. The third kappa shape index (κ3) is 5.96. The average Bonchev–Trinajstić information content (AvgIpc) is 3.36. The number of likely N-dealkylation sites (N-methyl/N-ethyl adjacent to an activating group) is 2. The highest BCUT2D eigenvalue weighted by Crippen LogP contribution is 2.40. The number of benzene rings is 2. The molecule has 2 aliphatic rings. The standard InChI is InChI=1S/C35H34F4N6O3/c1-5-23-26(36)11-10-20-15-22(46)16-24(29(20)23)31-30(37)32-25(17-40-31)33(42-34(41-32)48-19-21-9-7-8-13-43(21)3)44(4)18-27-35(38,39)12-14-45(27)28(47)6-2/h1,6,10-11,15-17,21,27,46H,2,7-9,12-14,18-19H2,3-4H3/t21-,27-/m1/s1. The van der Waals surface area contributed by atoms with Crippen molar-refractivity contribution in [2.24, 2.45) is 0 Å². The third-order valence-corrected chi connectivity index (χ3v) is 9.24. The SMILES string of the molecule is C#Cc1c(F)ccc2cc(O)cc(-c3ncc4c(N(C)C[C@H]5N(C(=O)C=C)CCC5(F)F)nc(OC[C@H]5CCCCN5C)nc4c3F)c12. The summed E-state index contributed by atoms with van der Waals surface area (Å²) in [7, 11) is 3.48. The number of terminal acetylenes is 1. The molecule has 2 aromatic carbocycles. The molecule has 13 heteroatoms. The molecule has 250 valence electrons. The second-order valence-electron chi connectivity index (χ2n) is 12.3. The lowest BCUT2D eigenvalue weighted by atomic mass is 9.96. The van der Waals surface area contributed by atoms with Crippen molar-refractivity contribution in [1.82, 2.24) is 24.8 Å². The minimum atomic E-state index is -3.20. The predicted octanol–water partition coefficient (Wildman–Crippen LogP) is 5.53. The van der Waals surface area contributed by atoms with Gasteiger partial charge in [-0.3, -0.25) is 9.78 Å². The van der Waals surface area contributed by atoms with E-state index in [1.165, 1.54) is 36.3 Å². The van der Waals surface area contributed by atoms with Gasteiger partial charge in [-0.05, 0) is 56.1 Å². The van der Waals surface area contributed by atoms with Crippen molar-refractivity contribution in [3.05, 3.63) is 60.3 Å². The molecule has 2 aromatic heterocycles. The van der Waals surface area contributed by atoms with Crippen LogP contribution in [0.4, 0.5) is 23.4 Å². The average molecular weight is 663 g/mol. The first kappa shape index (κ1) is 33.0. The van der Waals surface area contributed by atoms with Gasteiger partial charge in [0.1, 0.15) is 41.2 Å². The van der Waals surface area contributed by atoms with Crippen LogP contribution in [-0.4, -0.2) is 94.1 Å². The molecule has 0 bridgehead atoms. The number of hydrogen-bond donors (Lipinski definition) is 1. The number of aromatic nitrogens is 3. The highest BCUT2D eigenvalue weighted by molar-refractivity contribution is 6.03. The van der Waals surface area contributed by atoms with E-state index in [2.05, 4.69) is 32.4 Å². The summed E-state index contributed by atoms with van der Waals surface area (Å²) in [6, 6.07) is 3.54. The van der Waals surface area contributed by atoms with Crippen LogP contribution < -0.4 is 9.64 Å². The number of hydrogen-bond acceptors (Lipinski definition) is 8. The molecule has 0 saturated carbocycles. The van der Waals surface area contributed by atoms with E-state index in [-0.39, 0.29) is 76.4 Å². The third-order valence-electron chi connectivity index (χ3n) is 9.24. The Hall–Kier alpha value is -4.96. The van der Waals surface area contributed by atoms with Crippen LogP contribution in [0, 0.1) is 24.0 Å². The van der Waals surface area contributed by atoms with Gasteiger partial charge in [-0.2, -0.15) is 9.97 Å². The van der Waals surface area contributed by atoms with Gasteiger partial charge in [-0.25, -0.2) is 17.6 Å². The molecule has 6 rings (SSSR count). The van der Waals surface area contributed by atoms with Gasteiger partial charge in [-0.15, -0.1) is 6.42 Å². The maximum atomic E-state index is 16.7. The van der Waals surface area contributed by atoms with E-state index < -0.39 is 35.9 Å². The molecule has 1 N–H and O–H groups in total. The first-order chi connectivity index (χ1) is 22.9. The minimum Gasteiger partial charge on any atom is -0.508 e. The summed E-state index contributed by atoms with van der Waals surface area (Å²) in [5.41, 5.74) is -0.624. The van der Waals surface area contributed by atoms with Crippen LogP contribution in [-0.2, 0) is 4.79 Å². The molecule has 4 heterocycles. The molecule has 1 amide bonds. The molecule has 2 fully saturated rings. The normalized spacial score (nSPS) is 19.4. The number of anilines is 1. The van der Waals surface area contributed by atoms with E-state index in [1.807, 2.05) is 7.05 Å². The van der Waals surface area contributed by atoms with E-state index >= 15 is 13.2 Å². The molecule has 0 spiro atoms. The molecule has 0 unspecified atom stereocenters. The minimum absolute atomic E-state index is 0.0286. The summed E-state index contributed by atoms with van der Waals surface area (Å²) in [4.78, 5) is 30.3. The van der Waals surface area contributed by atoms with Crippen LogP contribution in [0.25, 0.3) is 32.9 Å². The predicted molar refractivity (Wildman–Crippen MR) is 174 cm³/mol. The second-order valence-corrected chi connectivity index (χ2v) is 12.3. The number of nitrogens with zero attached hydrogens (tertiary/aromatic N) is 6. The zero-order valence-corrected chi connectivity index (χ0v) is 26.5. The Kier molecular flexibility index (Phi) is 8.87. The highest BCUT2D eigenvalue weighted by Gasteiger charge is 2.50. The van der Waals surface area contributed by atoms with E-state index in [9.17, 15) is 14.3 Å². The van der Waals surface area contributed by atoms with Crippen molar-refractivity contribution in [3.8, 4) is 35.4 Å². The fraction of sp³-hybridized carbons (Fsp3) is 0.371. The van der Waals surface area contributed by atoms with Crippen molar-refractivity contribution in [2.75, 3.05) is 45.2 Å². The Labute approximate surface area is 274 Å². The van der Waals surface area contributed by atoms with Crippen LogP contribution in [0.1, 0.15) is 31.2 Å². The highest BCUT2D eigenvalue weighted by atomic mass is 19.3. The van der Waals surface area contributed by atoms with Crippen molar-refractivity contribution in [1.29, 1.82) is 0 Å². The van der Waals surface area contributed by atoms with Crippen molar-refractivity contribution < 1.29 is 32.2 Å². The first-order valence-corrected chi connectivity index (χ1v) is 15.6. The van der Waals surface area contributed by atoms with Gasteiger partial charge in [0.05, 0.1) is 10.9 Å². The van der Waals surface area contributed by atoms with Crippen LogP contribution in [0.15, 0.2) is 43.1 Å². The smallest absolute Gasteiger partial charge is 0.319 e. The Bertz CT molecular complexity index is 1970. The zero-order chi connectivity index (χ0) is 34.3. The molecule has 48 heavy (non-hydrogen) atoms.